The van der Waals surface area contributed by atoms with Gasteiger partial charge in [0.05, 0.1) is 27.7 Å². The number of halogens is 6. The summed E-state index contributed by atoms with van der Waals surface area (Å²) in [4.78, 5) is 31.3. The third-order valence-corrected chi connectivity index (χ3v) is 8.35. The van der Waals surface area contributed by atoms with Gasteiger partial charge in [-0.3, -0.25) is 9.89 Å². The van der Waals surface area contributed by atoms with Crippen molar-refractivity contribution >= 4 is 45.3 Å². The Labute approximate surface area is 246 Å². The third kappa shape index (κ3) is 6.81. The fraction of sp³-hybridized carbons (Fsp3) is 0.357. The topological polar surface area (TPSA) is 102 Å². The summed E-state index contributed by atoms with van der Waals surface area (Å²) in [6, 6.07) is 6.10. The number of likely N-dealkylation sites (tertiary alicyclic amines) is 1. The molecule has 0 unspecified atom stereocenters. The highest BCUT2D eigenvalue weighted by Gasteiger charge is 2.39. The Morgan fingerprint density at radius 2 is 1.81 bits per heavy atom. The Balaban J connectivity index is 1.48. The number of amidine groups is 1. The van der Waals surface area contributed by atoms with Gasteiger partial charge in [-0.15, -0.1) is 0 Å². The molecule has 2 aromatic carbocycles. The van der Waals surface area contributed by atoms with Crippen molar-refractivity contribution < 1.29 is 35.9 Å². The number of carbonyl (C=O) groups is 2. The van der Waals surface area contributed by atoms with Gasteiger partial charge in [-0.25, -0.2) is 4.79 Å². The number of nitrogens with one attached hydrogen (secondary N) is 3. The maximum Gasteiger partial charge on any atom is 0.416 e. The van der Waals surface area contributed by atoms with Gasteiger partial charge in [0.15, 0.2) is 5.17 Å². The van der Waals surface area contributed by atoms with Crippen LogP contribution in [0.2, 0.25) is 0 Å². The first kappa shape index (κ1) is 30.4. The number of hydrogen-bond acceptors (Lipinski definition) is 5. The van der Waals surface area contributed by atoms with E-state index in [1.807, 2.05) is 11.8 Å². The molecule has 43 heavy (non-hydrogen) atoms. The number of allylic oxidation sites excluding steroid dienone is 1. The van der Waals surface area contributed by atoms with E-state index in [1.54, 1.807) is 18.2 Å². The average molecular weight is 625 g/mol. The fourth-order valence-corrected chi connectivity index (χ4v) is 6.11. The molecule has 5 rings (SSSR count). The van der Waals surface area contributed by atoms with Crippen molar-refractivity contribution in [2.75, 3.05) is 19.6 Å². The first-order valence-electron chi connectivity index (χ1n) is 13.4. The molecule has 228 valence electrons. The molecule has 0 atom stereocenters. The lowest BCUT2D eigenvalue weighted by Gasteiger charge is -2.33. The van der Waals surface area contributed by atoms with Crippen LogP contribution in [0.25, 0.3) is 16.5 Å². The lowest BCUT2D eigenvalue weighted by atomic mass is 9.92. The van der Waals surface area contributed by atoms with Crippen molar-refractivity contribution in [2.45, 2.75) is 44.6 Å². The number of H-pyrrole nitrogens is 1. The summed E-state index contributed by atoms with van der Waals surface area (Å²) in [7, 11) is 0. The second kappa shape index (κ2) is 11.9. The van der Waals surface area contributed by atoms with Crippen LogP contribution < -0.4 is 10.6 Å². The van der Waals surface area contributed by atoms with Gasteiger partial charge in [0.25, 0.3) is 5.91 Å². The second-order valence-corrected chi connectivity index (χ2v) is 11.1. The van der Waals surface area contributed by atoms with Gasteiger partial charge in [0, 0.05) is 31.1 Å². The van der Waals surface area contributed by atoms with E-state index in [0.29, 0.717) is 60.2 Å². The number of benzene rings is 2. The van der Waals surface area contributed by atoms with Crippen molar-refractivity contribution in [3.63, 3.8) is 0 Å². The van der Waals surface area contributed by atoms with Crippen LogP contribution in [0.15, 0.2) is 52.5 Å². The number of urea groups is 1. The van der Waals surface area contributed by atoms with Crippen LogP contribution in [0.1, 0.15) is 42.0 Å². The van der Waals surface area contributed by atoms with Crippen LogP contribution in [-0.2, 0) is 23.6 Å². The molecule has 15 heteroatoms. The number of amides is 3. The monoisotopic (exact) mass is 624 g/mol. The number of alkyl halides is 6. The summed E-state index contributed by atoms with van der Waals surface area (Å²) in [6.07, 6.45) is -7.80. The normalized spacial score (nSPS) is 17.8. The Kier molecular flexibility index (Phi) is 8.45. The Hall–Kier alpha value is -4.01. The molecule has 3 heterocycles. The maximum atomic E-state index is 14.0. The number of aromatic nitrogens is 2. The largest absolute Gasteiger partial charge is 0.416 e. The van der Waals surface area contributed by atoms with E-state index < -0.39 is 41.4 Å². The Morgan fingerprint density at radius 1 is 1.07 bits per heavy atom. The van der Waals surface area contributed by atoms with Crippen LogP contribution in [0.3, 0.4) is 0 Å². The molecule has 0 saturated carbocycles. The number of nitrogens with zero attached hydrogens (tertiary/aromatic N) is 3. The minimum absolute atomic E-state index is 0.0711. The maximum absolute atomic E-state index is 14.0. The van der Waals surface area contributed by atoms with Crippen LogP contribution in [0.5, 0.6) is 0 Å². The van der Waals surface area contributed by atoms with E-state index in [0.717, 1.165) is 17.8 Å². The van der Waals surface area contributed by atoms with Crippen LogP contribution in [0.4, 0.5) is 31.1 Å². The summed E-state index contributed by atoms with van der Waals surface area (Å²) < 4.78 is 81.9. The molecule has 2 aliphatic heterocycles. The van der Waals surface area contributed by atoms with E-state index in [4.69, 9.17) is 0 Å². The van der Waals surface area contributed by atoms with E-state index in [1.165, 1.54) is 6.20 Å². The smallest absolute Gasteiger partial charge is 0.351 e. The predicted molar refractivity (Wildman–Crippen MR) is 150 cm³/mol. The summed E-state index contributed by atoms with van der Waals surface area (Å²) >= 11 is 1.02. The third-order valence-electron chi connectivity index (χ3n) is 7.20. The number of fused-ring (bicyclic) bond motifs is 1. The number of aromatic amines is 1. The zero-order valence-electron chi connectivity index (χ0n) is 22.7. The first-order chi connectivity index (χ1) is 20.3. The number of hydrogen-bond donors (Lipinski definition) is 3. The summed E-state index contributed by atoms with van der Waals surface area (Å²) in [5.74, 6) is -0.648. The van der Waals surface area contributed by atoms with Gasteiger partial charge >= 0.3 is 18.4 Å². The van der Waals surface area contributed by atoms with Gasteiger partial charge < -0.3 is 15.5 Å². The standard InChI is InChI=1S/C28H26F6N6O2S/c1-2-35-25(42)37-19-7-9-40(10-8-19)26-38-24(41)23(43-26)20(15-4-6-22-17(11-15)14-36-39-22)12-16-3-5-18(27(29,30)31)13-21(16)28(32,33)34/h3-6,11,13-14,19H,2,7-10,12H2,1H3,(H,36,39)(H2,35,37,42). The van der Waals surface area contributed by atoms with Gasteiger partial charge in [-0.1, -0.05) is 12.1 Å². The molecular formula is C28H26F6N6O2S. The first-order valence-corrected chi connectivity index (χ1v) is 14.2. The predicted octanol–water partition coefficient (Wildman–Crippen LogP) is 5.97. The van der Waals surface area contributed by atoms with Crippen LogP contribution >= 0.6 is 11.8 Å². The molecule has 8 nitrogen and oxygen atoms in total. The van der Waals surface area contributed by atoms with Crippen molar-refractivity contribution in [1.82, 2.24) is 25.7 Å². The zero-order valence-corrected chi connectivity index (χ0v) is 23.5. The number of piperidine rings is 1. The highest BCUT2D eigenvalue weighted by Crippen LogP contribution is 2.42. The summed E-state index contributed by atoms with van der Waals surface area (Å²) in [5.41, 5.74) is -1.98. The molecule has 2 aliphatic rings. The summed E-state index contributed by atoms with van der Waals surface area (Å²) in [6.45, 7) is 3.26. The zero-order chi connectivity index (χ0) is 30.9. The number of rotatable bonds is 5. The van der Waals surface area contributed by atoms with Gasteiger partial charge in [0.1, 0.15) is 0 Å². The number of thioether (sulfide) groups is 1. The van der Waals surface area contributed by atoms with Gasteiger partial charge in [-0.2, -0.15) is 36.4 Å². The molecule has 0 spiro atoms. The SMILES string of the molecule is CCNC(=O)NC1CCN(C2=NC(=O)C(=C(Cc3ccc(C(F)(F)F)cc3C(F)(F)F)c3ccc4[nH]ncc4c3)S2)CC1. The lowest BCUT2D eigenvalue weighted by Crippen LogP contribution is -2.48. The van der Waals surface area contributed by atoms with E-state index in [2.05, 4.69) is 25.8 Å². The molecule has 3 aromatic rings. The molecular weight excluding hydrogens is 598 g/mol. The average Bonchev–Trinajstić information content (AvgIpc) is 3.57. The minimum atomic E-state index is -5.07. The molecule has 3 amide bonds. The number of carbonyl (C=O) groups excluding carboxylic acids is 2. The van der Waals surface area contributed by atoms with Gasteiger partial charge in [-0.05, 0) is 78.9 Å². The highest BCUT2D eigenvalue weighted by atomic mass is 32.2. The fourth-order valence-electron chi connectivity index (χ4n) is 5.04. The van der Waals surface area contributed by atoms with Crippen LogP contribution in [-0.4, -0.2) is 57.9 Å². The lowest BCUT2D eigenvalue weighted by molar-refractivity contribution is -0.143. The molecule has 1 saturated heterocycles. The minimum Gasteiger partial charge on any atom is -0.351 e. The van der Waals surface area contributed by atoms with Gasteiger partial charge in [0.2, 0.25) is 0 Å². The molecule has 3 N–H and O–H groups in total. The Morgan fingerprint density at radius 3 is 2.49 bits per heavy atom. The molecule has 0 aliphatic carbocycles. The highest BCUT2D eigenvalue weighted by molar-refractivity contribution is 8.18. The molecule has 0 radical (unpaired) electrons. The van der Waals surface area contributed by atoms with E-state index >= 15 is 0 Å². The van der Waals surface area contributed by atoms with E-state index in [9.17, 15) is 35.9 Å². The van der Waals surface area contributed by atoms with Crippen molar-refractivity contribution in [3.8, 4) is 0 Å². The molecule has 1 fully saturated rings. The Bertz CT molecular complexity index is 1600. The van der Waals surface area contributed by atoms with Crippen LogP contribution in [0, 0.1) is 0 Å². The van der Waals surface area contributed by atoms with Crippen molar-refractivity contribution in [1.29, 1.82) is 0 Å². The second-order valence-electron chi connectivity index (χ2n) is 10.1. The van der Waals surface area contributed by atoms with Crippen molar-refractivity contribution in [2.24, 2.45) is 4.99 Å². The molecule has 1 aromatic heterocycles. The molecule has 0 bridgehead atoms. The summed E-state index contributed by atoms with van der Waals surface area (Å²) in [5, 5.41) is 13.3. The van der Waals surface area contributed by atoms with Crippen molar-refractivity contribution in [3.05, 3.63) is 69.8 Å². The quantitative estimate of drug-likeness (QED) is 0.240. The van der Waals surface area contributed by atoms with E-state index in [-0.39, 0.29) is 28.6 Å². The number of aliphatic imine (C=N–C) groups is 1.